The van der Waals surface area contributed by atoms with Gasteiger partial charge in [0.15, 0.2) is 0 Å². The molecule has 0 bridgehead atoms. The van der Waals surface area contributed by atoms with Crippen molar-refractivity contribution in [2.75, 3.05) is 6.54 Å². The average Bonchev–Trinajstić information content (AvgIpc) is 2.81. The first-order valence-corrected chi connectivity index (χ1v) is 6.33. The van der Waals surface area contributed by atoms with Gasteiger partial charge in [0.05, 0.1) is 0 Å². The van der Waals surface area contributed by atoms with Crippen LogP contribution in [0.4, 0.5) is 0 Å². The Labute approximate surface area is 116 Å². The predicted molar refractivity (Wildman–Crippen MR) is 77.6 cm³/mol. The molecule has 2 rings (SSSR count). The number of rotatable bonds is 5. The summed E-state index contributed by atoms with van der Waals surface area (Å²) in [5.74, 6) is -0.999. The third-order valence-corrected chi connectivity index (χ3v) is 2.87. The number of carbonyl (C=O) groups is 2. The molecule has 0 radical (unpaired) electrons. The SMILES string of the molecule is CC(=O)NCCC=Cc1ccc2cc(C(=O)O)[nH]c2c1. The molecule has 2 aromatic rings. The van der Waals surface area contributed by atoms with Gasteiger partial charge in [-0.3, -0.25) is 4.79 Å². The minimum absolute atomic E-state index is 0.0348. The summed E-state index contributed by atoms with van der Waals surface area (Å²) >= 11 is 0. The standard InChI is InChI=1S/C15H16N2O3/c1-10(18)16-7-3-2-4-11-5-6-12-9-14(15(19)20)17-13(12)8-11/h2,4-6,8-9,17H,3,7H2,1H3,(H,16,18)(H,19,20). The maximum absolute atomic E-state index is 10.9. The summed E-state index contributed by atoms with van der Waals surface area (Å²) in [7, 11) is 0. The van der Waals surface area contributed by atoms with E-state index < -0.39 is 5.97 Å². The molecule has 20 heavy (non-hydrogen) atoms. The van der Waals surface area contributed by atoms with Crippen molar-refractivity contribution in [2.45, 2.75) is 13.3 Å². The van der Waals surface area contributed by atoms with Crippen LogP contribution in [0.5, 0.6) is 0 Å². The lowest BCUT2D eigenvalue weighted by Crippen LogP contribution is -2.20. The maximum Gasteiger partial charge on any atom is 0.352 e. The fraction of sp³-hybridized carbons (Fsp3) is 0.200. The van der Waals surface area contributed by atoms with Crippen molar-refractivity contribution in [2.24, 2.45) is 0 Å². The van der Waals surface area contributed by atoms with Crippen molar-refractivity contribution < 1.29 is 14.7 Å². The third-order valence-electron chi connectivity index (χ3n) is 2.87. The second-order valence-electron chi connectivity index (χ2n) is 4.51. The summed E-state index contributed by atoms with van der Waals surface area (Å²) < 4.78 is 0. The first-order valence-electron chi connectivity index (χ1n) is 6.33. The molecule has 0 atom stereocenters. The zero-order chi connectivity index (χ0) is 14.5. The Bertz CT molecular complexity index is 671. The Balaban J connectivity index is 2.05. The Hall–Kier alpha value is -2.56. The van der Waals surface area contributed by atoms with Crippen molar-refractivity contribution in [1.29, 1.82) is 0 Å². The average molecular weight is 272 g/mol. The molecule has 104 valence electrons. The molecule has 0 fully saturated rings. The molecule has 5 nitrogen and oxygen atoms in total. The number of aromatic amines is 1. The normalized spacial score (nSPS) is 11.1. The van der Waals surface area contributed by atoms with Gasteiger partial charge in [-0.25, -0.2) is 4.79 Å². The largest absolute Gasteiger partial charge is 0.477 e. The van der Waals surface area contributed by atoms with E-state index in [0.717, 1.165) is 22.9 Å². The number of amides is 1. The lowest BCUT2D eigenvalue weighted by Gasteiger charge is -1.97. The molecule has 1 aromatic carbocycles. The van der Waals surface area contributed by atoms with Crippen LogP contribution in [0.1, 0.15) is 29.4 Å². The number of H-pyrrole nitrogens is 1. The summed E-state index contributed by atoms with van der Waals surface area (Å²) in [6.07, 6.45) is 4.67. The number of aromatic carboxylic acids is 1. The molecule has 0 aliphatic carbocycles. The van der Waals surface area contributed by atoms with E-state index in [4.69, 9.17) is 5.11 Å². The summed E-state index contributed by atoms with van der Waals surface area (Å²) in [5, 5.41) is 12.5. The molecule has 5 heteroatoms. The van der Waals surface area contributed by atoms with Crippen LogP contribution in [-0.2, 0) is 4.79 Å². The van der Waals surface area contributed by atoms with Gasteiger partial charge in [0.2, 0.25) is 5.91 Å². The molecule has 0 aliphatic heterocycles. The first kappa shape index (κ1) is 13.9. The van der Waals surface area contributed by atoms with Crippen LogP contribution < -0.4 is 5.32 Å². The van der Waals surface area contributed by atoms with Crippen molar-refractivity contribution in [3.8, 4) is 0 Å². The van der Waals surface area contributed by atoms with E-state index in [-0.39, 0.29) is 11.6 Å². The molecule has 0 saturated carbocycles. The van der Waals surface area contributed by atoms with Crippen LogP contribution in [-0.4, -0.2) is 28.5 Å². The number of carboxylic acids is 1. The third kappa shape index (κ3) is 3.47. The Morgan fingerprint density at radius 2 is 2.15 bits per heavy atom. The van der Waals surface area contributed by atoms with E-state index in [1.54, 1.807) is 6.07 Å². The quantitative estimate of drug-likeness (QED) is 0.731. The molecule has 3 N–H and O–H groups in total. The highest BCUT2D eigenvalue weighted by molar-refractivity contribution is 5.94. The fourth-order valence-electron chi connectivity index (χ4n) is 1.91. The van der Waals surface area contributed by atoms with Crippen LogP contribution in [0, 0.1) is 0 Å². The van der Waals surface area contributed by atoms with Crippen LogP contribution in [0.2, 0.25) is 0 Å². The van der Waals surface area contributed by atoms with E-state index in [9.17, 15) is 9.59 Å². The molecular formula is C15H16N2O3. The highest BCUT2D eigenvalue weighted by atomic mass is 16.4. The topological polar surface area (TPSA) is 82.2 Å². The van der Waals surface area contributed by atoms with Crippen LogP contribution >= 0.6 is 0 Å². The summed E-state index contributed by atoms with van der Waals surface area (Å²) in [6.45, 7) is 2.10. The zero-order valence-electron chi connectivity index (χ0n) is 11.1. The highest BCUT2D eigenvalue weighted by Crippen LogP contribution is 2.18. The molecule has 0 spiro atoms. The summed E-state index contributed by atoms with van der Waals surface area (Å²) in [4.78, 5) is 24.4. The van der Waals surface area contributed by atoms with Crippen LogP contribution in [0.3, 0.4) is 0 Å². The molecular weight excluding hydrogens is 256 g/mol. The number of nitrogens with one attached hydrogen (secondary N) is 2. The molecule has 0 aliphatic rings. The van der Waals surface area contributed by atoms with Crippen molar-refractivity contribution in [3.05, 3.63) is 41.6 Å². The van der Waals surface area contributed by atoms with Gasteiger partial charge in [-0.15, -0.1) is 0 Å². The summed E-state index contributed by atoms with van der Waals surface area (Å²) in [6, 6.07) is 7.32. The van der Waals surface area contributed by atoms with Gasteiger partial charge in [-0.05, 0) is 24.1 Å². The maximum atomic E-state index is 10.9. The van der Waals surface area contributed by atoms with Crippen molar-refractivity contribution in [3.63, 3.8) is 0 Å². The van der Waals surface area contributed by atoms with E-state index in [2.05, 4.69) is 10.3 Å². The minimum atomic E-state index is -0.964. The Morgan fingerprint density at radius 3 is 2.85 bits per heavy atom. The van der Waals surface area contributed by atoms with Crippen LogP contribution in [0.25, 0.3) is 17.0 Å². The number of hydrogen-bond acceptors (Lipinski definition) is 2. The second kappa shape index (κ2) is 6.06. The van der Waals surface area contributed by atoms with Gasteiger partial charge < -0.3 is 15.4 Å². The highest BCUT2D eigenvalue weighted by Gasteiger charge is 2.06. The van der Waals surface area contributed by atoms with Gasteiger partial charge in [0, 0.05) is 24.4 Å². The molecule has 0 saturated heterocycles. The monoisotopic (exact) mass is 272 g/mol. The van der Waals surface area contributed by atoms with Crippen molar-refractivity contribution >= 4 is 28.9 Å². The minimum Gasteiger partial charge on any atom is -0.477 e. The molecule has 1 aromatic heterocycles. The van der Waals surface area contributed by atoms with E-state index >= 15 is 0 Å². The fourth-order valence-corrected chi connectivity index (χ4v) is 1.91. The van der Waals surface area contributed by atoms with Crippen molar-refractivity contribution in [1.82, 2.24) is 10.3 Å². The van der Waals surface area contributed by atoms with Gasteiger partial charge in [0.25, 0.3) is 0 Å². The second-order valence-corrected chi connectivity index (χ2v) is 4.51. The van der Waals surface area contributed by atoms with Gasteiger partial charge in [-0.1, -0.05) is 24.3 Å². The van der Waals surface area contributed by atoms with Gasteiger partial charge in [0.1, 0.15) is 5.69 Å². The summed E-state index contributed by atoms with van der Waals surface area (Å²) in [5.41, 5.74) is 1.97. The zero-order valence-corrected chi connectivity index (χ0v) is 11.1. The number of aromatic nitrogens is 1. The molecule has 1 heterocycles. The number of hydrogen-bond donors (Lipinski definition) is 3. The van der Waals surface area contributed by atoms with Crippen LogP contribution in [0.15, 0.2) is 30.3 Å². The molecule has 0 unspecified atom stereocenters. The number of carboxylic acid groups (broad SMARTS) is 1. The Morgan fingerprint density at radius 1 is 1.35 bits per heavy atom. The predicted octanol–water partition coefficient (Wildman–Crippen LogP) is 2.41. The lowest BCUT2D eigenvalue weighted by atomic mass is 10.1. The number of benzene rings is 1. The first-order chi connectivity index (χ1) is 9.56. The lowest BCUT2D eigenvalue weighted by molar-refractivity contribution is -0.118. The smallest absolute Gasteiger partial charge is 0.352 e. The molecule has 1 amide bonds. The Kier molecular flexibility index (Phi) is 4.20. The van der Waals surface area contributed by atoms with Gasteiger partial charge in [-0.2, -0.15) is 0 Å². The number of carbonyl (C=O) groups excluding carboxylic acids is 1. The van der Waals surface area contributed by atoms with Gasteiger partial charge >= 0.3 is 5.97 Å². The van der Waals surface area contributed by atoms with E-state index in [0.29, 0.717) is 6.54 Å². The van der Waals surface area contributed by atoms with E-state index in [1.165, 1.54) is 6.92 Å². The number of fused-ring (bicyclic) bond motifs is 1. The van der Waals surface area contributed by atoms with E-state index in [1.807, 2.05) is 30.4 Å².